The number of benzene rings is 3. The van der Waals surface area contributed by atoms with E-state index in [4.69, 9.17) is 0 Å². The van der Waals surface area contributed by atoms with Crippen LogP contribution in [-0.2, 0) is 16.1 Å². The first-order chi connectivity index (χ1) is 16.6. The lowest BCUT2D eigenvalue weighted by Gasteiger charge is -2.18. The average Bonchev–Trinajstić information content (AvgIpc) is 2.82. The minimum absolute atomic E-state index is 0.0239. The molecule has 0 aromatic heterocycles. The summed E-state index contributed by atoms with van der Waals surface area (Å²) < 4.78 is 0. The monoisotopic (exact) mass is 472 g/mol. The molecule has 0 bridgehead atoms. The zero-order valence-electron chi connectivity index (χ0n) is 20.6. The lowest BCUT2D eigenvalue weighted by molar-refractivity contribution is -0.123. The van der Waals surface area contributed by atoms with E-state index in [2.05, 4.69) is 16.0 Å². The van der Waals surface area contributed by atoms with Crippen molar-refractivity contribution in [2.75, 3.05) is 29.5 Å². The molecule has 35 heavy (non-hydrogen) atoms. The Bertz CT molecular complexity index is 1190. The van der Waals surface area contributed by atoms with Gasteiger partial charge in [0.25, 0.3) is 5.91 Å². The largest absolute Gasteiger partial charge is 0.376 e. The second-order valence-electron chi connectivity index (χ2n) is 9.41. The summed E-state index contributed by atoms with van der Waals surface area (Å²) in [6, 6.07) is 23.9. The van der Waals surface area contributed by atoms with Crippen molar-refractivity contribution >= 4 is 34.8 Å². The van der Waals surface area contributed by atoms with Gasteiger partial charge in [-0.05, 0) is 42.0 Å². The van der Waals surface area contributed by atoms with E-state index in [-0.39, 0.29) is 24.3 Å². The lowest BCUT2D eigenvalue weighted by atomic mass is 9.95. The van der Waals surface area contributed by atoms with Gasteiger partial charge in [0.05, 0.1) is 6.54 Å². The number of anilines is 3. The van der Waals surface area contributed by atoms with E-state index in [9.17, 15) is 14.4 Å². The Morgan fingerprint density at radius 2 is 1.40 bits per heavy atom. The highest BCUT2D eigenvalue weighted by atomic mass is 16.2. The van der Waals surface area contributed by atoms with E-state index in [1.165, 1.54) is 0 Å². The molecule has 0 aliphatic heterocycles. The molecule has 0 aliphatic rings. The zero-order valence-corrected chi connectivity index (χ0v) is 20.6. The summed E-state index contributed by atoms with van der Waals surface area (Å²) in [6.45, 7) is 6.04. The van der Waals surface area contributed by atoms with Crippen molar-refractivity contribution < 1.29 is 14.4 Å². The molecular formula is C28H32N4O3. The summed E-state index contributed by atoms with van der Waals surface area (Å²) in [5, 5.41) is 8.73. The number of carbonyl (C=O) groups excluding carboxylic acids is 3. The van der Waals surface area contributed by atoms with Gasteiger partial charge in [-0.1, -0.05) is 63.2 Å². The van der Waals surface area contributed by atoms with Crippen LogP contribution in [0.1, 0.15) is 36.7 Å². The van der Waals surface area contributed by atoms with Crippen LogP contribution in [0.25, 0.3) is 0 Å². The van der Waals surface area contributed by atoms with Gasteiger partial charge >= 0.3 is 0 Å². The van der Waals surface area contributed by atoms with E-state index in [1.807, 2.05) is 57.2 Å². The van der Waals surface area contributed by atoms with E-state index in [0.29, 0.717) is 29.2 Å². The molecule has 0 heterocycles. The van der Waals surface area contributed by atoms with Crippen molar-refractivity contribution in [2.24, 2.45) is 5.41 Å². The molecule has 3 N–H and O–H groups in total. The van der Waals surface area contributed by atoms with Crippen LogP contribution in [0.15, 0.2) is 78.9 Å². The van der Waals surface area contributed by atoms with Crippen molar-refractivity contribution in [1.82, 2.24) is 4.90 Å². The van der Waals surface area contributed by atoms with Crippen LogP contribution >= 0.6 is 0 Å². The van der Waals surface area contributed by atoms with Gasteiger partial charge in [-0.3, -0.25) is 14.4 Å². The van der Waals surface area contributed by atoms with Crippen molar-refractivity contribution in [1.29, 1.82) is 0 Å². The molecule has 3 amide bonds. The Balaban J connectivity index is 1.55. The van der Waals surface area contributed by atoms with Gasteiger partial charge in [0.15, 0.2) is 0 Å². The maximum absolute atomic E-state index is 12.8. The first kappa shape index (κ1) is 25.5. The quantitative estimate of drug-likeness (QED) is 0.431. The minimum Gasteiger partial charge on any atom is -0.376 e. The second kappa shape index (κ2) is 11.3. The number of nitrogens with one attached hydrogen (secondary N) is 3. The van der Waals surface area contributed by atoms with E-state index in [1.54, 1.807) is 54.4 Å². The predicted octanol–water partition coefficient (Wildman–Crippen LogP) is 4.99. The SMILES string of the molecule is CN(Cc1ccccc1)C(=O)c1cccc(NCC(=O)Nc2cccc(NC(=O)C(C)(C)C)c2)c1. The fourth-order valence-corrected chi connectivity index (χ4v) is 3.29. The predicted molar refractivity (Wildman–Crippen MR) is 140 cm³/mol. The highest BCUT2D eigenvalue weighted by Crippen LogP contribution is 2.20. The van der Waals surface area contributed by atoms with Crippen LogP contribution < -0.4 is 16.0 Å². The molecule has 3 aromatic rings. The van der Waals surface area contributed by atoms with Gasteiger partial charge in [-0.25, -0.2) is 0 Å². The number of carbonyl (C=O) groups is 3. The molecular weight excluding hydrogens is 440 g/mol. The summed E-state index contributed by atoms with van der Waals surface area (Å²) in [5.41, 5.74) is 2.93. The fourth-order valence-electron chi connectivity index (χ4n) is 3.29. The van der Waals surface area contributed by atoms with Crippen LogP contribution in [0.5, 0.6) is 0 Å². The summed E-state index contributed by atoms with van der Waals surface area (Å²) >= 11 is 0. The minimum atomic E-state index is -0.518. The van der Waals surface area contributed by atoms with Crippen LogP contribution in [-0.4, -0.2) is 36.2 Å². The Morgan fingerprint density at radius 1 is 0.771 bits per heavy atom. The third-order valence-corrected chi connectivity index (χ3v) is 5.26. The number of hydrogen-bond acceptors (Lipinski definition) is 4. The Kier molecular flexibility index (Phi) is 8.25. The second-order valence-corrected chi connectivity index (χ2v) is 9.41. The van der Waals surface area contributed by atoms with Crippen molar-refractivity contribution in [3.8, 4) is 0 Å². The summed E-state index contributed by atoms with van der Waals surface area (Å²) in [4.78, 5) is 39.2. The Hall–Kier alpha value is -4.13. The van der Waals surface area contributed by atoms with Gasteiger partial charge in [-0.2, -0.15) is 0 Å². The van der Waals surface area contributed by atoms with Gasteiger partial charge in [-0.15, -0.1) is 0 Å². The highest BCUT2D eigenvalue weighted by Gasteiger charge is 2.21. The summed E-state index contributed by atoms with van der Waals surface area (Å²) in [7, 11) is 1.76. The molecule has 3 rings (SSSR count). The third kappa shape index (κ3) is 7.71. The molecule has 0 aliphatic carbocycles. The Labute approximate surface area is 206 Å². The van der Waals surface area contributed by atoms with Crippen molar-refractivity contribution in [3.05, 3.63) is 90.0 Å². The molecule has 0 atom stereocenters. The van der Waals surface area contributed by atoms with Crippen LogP contribution in [0.3, 0.4) is 0 Å². The molecule has 3 aromatic carbocycles. The Morgan fingerprint density at radius 3 is 2.09 bits per heavy atom. The van der Waals surface area contributed by atoms with E-state index in [0.717, 1.165) is 5.56 Å². The number of hydrogen-bond donors (Lipinski definition) is 3. The standard InChI is InChI=1S/C28H32N4O3/c1-28(2,3)27(35)31-24-15-9-14-23(17-24)30-25(33)18-29-22-13-8-12-21(16-22)26(34)32(4)19-20-10-6-5-7-11-20/h5-17,29H,18-19H2,1-4H3,(H,30,33)(H,31,35). The summed E-state index contributed by atoms with van der Waals surface area (Å²) in [5.74, 6) is -0.454. The molecule has 0 saturated carbocycles. The van der Waals surface area contributed by atoms with E-state index >= 15 is 0 Å². The van der Waals surface area contributed by atoms with Gasteiger partial charge in [0, 0.05) is 41.6 Å². The number of nitrogens with zero attached hydrogens (tertiary/aromatic N) is 1. The van der Waals surface area contributed by atoms with Crippen molar-refractivity contribution in [3.63, 3.8) is 0 Å². The molecule has 0 unspecified atom stereocenters. The first-order valence-electron chi connectivity index (χ1n) is 11.5. The van der Waals surface area contributed by atoms with Crippen LogP contribution in [0.2, 0.25) is 0 Å². The third-order valence-electron chi connectivity index (χ3n) is 5.26. The summed E-state index contributed by atoms with van der Waals surface area (Å²) in [6.07, 6.45) is 0. The smallest absolute Gasteiger partial charge is 0.253 e. The lowest BCUT2D eigenvalue weighted by Crippen LogP contribution is -2.27. The topological polar surface area (TPSA) is 90.5 Å². The number of rotatable bonds is 8. The normalized spacial score (nSPS) is 10.9. The van der Waals surface area contributed by atoms with Crippen LogP contribution in [0.4, 0.5) is 17.1 Å². The maximum atomic E-state index is 12.8. The first-order valence-corrected chi connectivity index (χ1v) is 11.5. The maximum Gasteiger partial charge on any atom is 0.253 e. The fraction of sp³-hybridized carbons (Fsp3) is 0.250. The molecule has 182 valence electrons. The number of amides is 3. The zero-order chi connectivity index (χ0) is 25.4. The average molecular weight is 473 g/mol. The molecule has 0 spiro atoms. The molecule has 7 heteroatoms. The molecule has 7 nitrogen and oxygen atoms in total. The molecule has 0 fully saturated rings. The van der Waals surface area contributed by atoms with Gasteiger partial charge < -0.3 is 20.9 Å². The highest BCUT2D eigenvalue weighted by molar-refractivity contribution is 5.98. The van der Waals surface area contributed by atoms with Crippen LogP contribution in [0, 0.1) is 5.41 Å². The van der Waals surface area contributed by atoms with Gasteiger partial charge in [0.1, 0.15) is 0 Å². The van der Waals surface area contributed by atoms with Gasteiger partial charge in [0.2, 0.25) is 11.8 Å². The molecule has 0 radical (unpaired) electrons. The van der Waals surface area contributed by atoms with E-state index < -0.39 is 5.41 Å². The van der Waals surface area contributed by atoms with Crippen molar-refractivity contribution in [2.45, 2.75) is 27.3 Å². The molecule has 0 saturated heterocycles.